The average molecular weight is 379 g/mol. The van der Waals surface area contributed by atoms with Crippen LogP contribution in [0, 0.1) is 23.5 Å². The maximum Gasteiger partial charge on any atom is 0.226 e. The molecule has 1 atom stereocenters. The zero-order valence-corrected chi connectivity index (χ0v) is 15.5. The first kappa shape index (κ1) is 18.9. The highest BCUT2D eigenvalue weighted by atomic mass is 32.1. The molecule has 0 radical (unpaired) electrons. The number of hydrogen-bond donors (Lipinski definition) is 2. The number of anilines is 1. The van der Waals surface area contributed by atoms with Gasteiger partial charge in [0, 0.05) is 30.0 Å². The van der Waals surface area contributed by atoms with Gasteiger partial charge in [-0.1, -0.05) is 13.0 Å². The van der Waals surface area contributed by atoms with Crippen LogP contribution in [0.1, 0.15) is 36.6 Å². The van der Waals surface area contributed by atoms with E-state index in [1.807, 2.05) is 0 Å². The maximum atomic E-state index is 13.7. The van der Waals surface area contributed by atoms with Crippen molar-refractivity contribution in [3.63, 3.8) is 0 Å². The Morgan fingerprint density at radius 1 is 1.38 bits per heavy atom. The third kappa shape index (κ3) is 5.08. The molecular weight excluding hydrogens is 356 g/mol. The topological polar surface area (TPSA) is 54.0 Å². The van der Waals surface area contributed by atoms with Crippen molar-refractivity contribution < 1.29 is 13.6 Å². The van der Waals surface area contributed by atoms with Crippen LogP contribution < -0.4 is 10.6 Å². The normalized spacial score (nSPS) is 16.4. The minimum atomic E-state index is -0.591. The predicted molar refractivity (Wildman–Crippen MR) is 99.3 cm³/mol. The van der Waals surface area contributed by atoms with Crippen LogP contribution in [0.5, 0.6) is 0 Å². The number of nitrogens with one attached hydrogen (secondary N) is 2. The van der Waals surface area contributed by atoms with Crippen LogP contribution in [0.15, 0.2) is 24.4 Å². The summed E-state index contributed by atoms with van der Waals surface area (Å²) in [6.07, 6.45) is 4.65. The van der Waals surface area contributed by atoms with E-state index >= 15 is 0 Å². The number of carbonyl (C=O) groups is 1. The Kier molecular flexibility index (Phi) is 6.32. The Morgan fingerprint density at radius 2 is 2.15 bits per heavy atom. The SMILES string of the molecule is CC(CC(=O)Nc1ncc(Cc2ccc(F)cc2F)s1)C1CCNCC1. The van der Waals surface area contributed by atoms with Crippen molar-refractivity contribution in [2.45, 2.75) is 32.6 Å². The number of thiazole rings is 1. The number of halogens is 2. The fraction of sp³-hybridized carbons (Fsp3) is 0.474. The molecule has 4 nitrogen and oxygen atoms in total. The van der Waals surface area contributed by atoms with Gasteiger partial charge in [-0.25, -0.2) is 13.8 Å². The third-order valence-corrected chi connectivity index (χ3v) is 5.79. The van der Waals surface area contributed by atoms with Gasteiger partial charge >= 0.3 is 0 Å². The summed E-state index contributed by atoms with van der Waals surface area (Å²) in [4.78, 5) is 17.3. The molecule has 1 aliphatic heterocycles. The van der Waals surface area contributed by atoms with Crippen LogP contribution in [0.2, 0.25) is 0 Å². The highest BCUT2D eigenvalue weighted by Gasteiger charge is 2.22. The molecule has 3 rings (SSSR count). The van der Waals surface area contributed by atoms with E-state index in [4.69, 9.17) is 0 Å². The summed E-state index contributed by atoms with van der Waals surface area (Å²) in [5.74, 6) is -0.281. The number of nitrogens with zero attached hydrogens (tertiary/aromatic N) is 1. The van der Waals surface area contributed by atoms with Crippen molar-refractivity contribution in [3.05, 3.63) is 46.5 Å². The largest absolute Gasteiger partial charge is 0.317 e. The van der Waals surface area contributed by atoms with E-state index in [-0.39, 0.29) is 5.91 Å². The molecule has 1 saturated heterocycles. The molecule has 1 aromatic heterocycles. The lowest BCUT2D eigenvalue weighted by molar-refractivity contribution is -0.117. The third-order valence-electron chi connectivity index (χ3n) is 4.88. The average Bonchev–Trinajstić information content (AvgIpc) is 3.05. The molecule has 0 bridgehead atoms. The molecule has 2 heterocycles. The lowest BCUT2D eigenvalue weighted by Crippen LogP contribution is -2.32. The highest BCUT2D eigenvalue weighted by Crippen LogP contribution is 2.26. The van der Waals surface area contributed by atoms with Gasteiger partial charge in [0.15, 0.2) is 5.13 Å². The maximum absolute atomic E-state index is 13.7. The molecule has 2 aromatic rings. The minimum absolute atomic E-state index is 0.0371. The van der Waals surface area contributed by atoms with Crippen molar-refractivity contribution in [2.24, 2.45) is 11.8 Å². The fourth-order valence-electron chi connectivity index (χ4n) is 3.34. The molecule has 1 fully saturated rings. The van der Waals surface area contributed by atoms with Crippen LogP contribution in [0.3, 0.4) is 0 Å². The molecule has 0 aliphatic carbocycles. The molecule has 0 saturated carbocycles. The van der Waals surface area contributed by atoms with Crippen molar-refractivity contribution >= 4 is 22.4 Å². The van der Waals surface area contributed by atoms with Gasteiger partial charge in [0.25, 0.3) is 0 Å². The van der Waals surface area contributed by atoms with Gasteiger partial charge in [0.05, 0.1) is 0 Å². The van der Waals surface area contributed by atoms with Gasteiger partial charge in [-0.3, -0.25) is 4.79 Å². The van der Waals surface area contributed by atoms with Crippen LogP contribution in [-0.4, -0.2) is 24.0 Å². The van der Waals surface area contributed by atoms with Gasteiger partial charge in [0.1, 0.15) is 11.6 Å². The van der Waals surface area contributed by atoms with Crippen molar-refractivity contribution in [1.82, 2.24) is 10.3 Å². The van der Waals surface area contributed by atoms with Gasteiger partial charge in [-0.05, 0) is 49.4 Å². The molecule has 7 heteroatoms. The fourth-order valence-corrected chi connectivity index (χ4v) is 4.19. The Hall–Kier alpha value is -1.86. The quantitative estimate of drug-likeness (QED) is 0.798. The lowest BCUT2D eigenvalue weighted by atomic mass is 9.84. The highest BCUT2D eigenvalue weighted by molar-refractivity contribution is 7.15. The van der Waals surface area contributed by atoms with E-state index in [2.05, 4.69) is 22.5 Å². The van der Waals surface area contributed by atoms with Crippen molar-refractivity contribution in [3.8, 4) is 0 Å². The summed E-state index contributed by atoms with van der Waals surface area (Å²) in [6, 6.07) is 3.55. The van der Waals surface area contributed by atoms with Gasteiger partial charge in [-0.2, -0.15) is 0 Å². The zero-order chi connectivity index (χ0) is 18.5. The molecule has 1 amide bonds. The zero-order valence-electron chi connectivity index (χ0n) is 14.7. The van der Waals surface area contributed by atoms with Crippen LogP contribution in [0.25, 0.3) is 0 Å². The molecule has 26 heavy (non-hydrogen) atoms. The molecule has 140 valence electrons. The molecule has 1 aromatic carbocycles. The number of hydrogen-bond acceptors (Lipinski definition) is 4. The number of aromatic nitrogens is 1. The summed E-state index contributed by atoms with van der Waals surface area (Å²) in [6.45, 7) is 4.17. The van der Waals surface area contributed by atoms with Crippen LogP contribution >= 0.6 is 11.3 Å². The van der Waals surface area contributed by atoms with Gasteiger partial charge < -0.3 is 10.6 Å². The molecule has 0 spiro atoms. The summed E-state index contributed by atoms with van der Waals surface area (Å²) in [7, 11) is 0. The Bertz CT molecular complexity index is 759. The number of carbonyl (C=O) groups excluding carboxylic acids is 1. The Labute approximate surface area is 156 Å². The van der Waals surface area contributed by atoms with E-state index in [9.17, 15) is 13.6 Å². The lowest BCUT2D eigenvalue weighted by Gasteiger charge is -2.27. The molecule has 1 unspecified atom stereocenters. The summed E-state index contributed by atoms with van der Waals surface area (Å²) >= 11 is 1.32. The first-order chi connectivity index (χ1) is 12.5. The van der Waals surface area contributed by atoms with Crippen molar-refractivity contribution in [1.29, 1.82) is 0 Å². The monoisotopic (exact) mass is 379 g/mol. The van der Waals surface area contributed by atoms with E-state index in [0.29, 0.717) is 35.4 Å². The molecule has 1 aliphatic rings. The second-order valence-corrected chi connectivity index (χ2v) is 7.98. The number of benzene rings is 1. The van der Waals surface area contributed by atoms with Crippen LogP contribution in [-0.2, 0) is 11.2 Å². The standard InChI is InChI=1S/C19H23F2N3OS/c1-12(13-4-6-22-7-5-13)8-18(25)24-19-23-11-16(26-19)9-14-2-3-15(20)10-17(14)21/h2-3,10-13,22H,4-9H2,1H3,(H,23,24,25). The van der Waals surface area contributed by atoms with E-state index in [1.165, 1.54) is 23.5 Å². The van der Waals surface area contributed by atoms with E-state index < -0.39 is 11.6 Å². The smallest absolute Gasteiger partial charge is 0.226 e. The molecular formula is C19H23F2N3OS. The van der Waals surface area contributed by atoms with E-state index in [0.717, 1.165) is 36.9 Å². The van der Waals surface area contributed by atoms with E-state index in [1.54, 1.807) is 6.20 Å². The predicted octanol–water partition coefficient (Wildman–Crippen LogP) is 3.98. The number of piperidine rings is 1. The molecule has 2 N–H and O–H groups in total. The van der Waals surface area contributed by atoms with Crippen molar-refractivity contribution in [2.75, 3.05) is 18.4 Å². The minimum Gasteiger partial charge on any atom is -0.317 e. The summed E-state index contributed by atoms with van der Waals surface area (Å²) < 4.78 is 26.7. The van der Waals surface area contributed by atoms with Crippen LogP contribution in [0.4, 0.5) is 13.9 Å². The second kappa shape index (κ2) is 8.68. The second-order valence-electron chi connectivity index (χ2n) is 6.86. The first-order valence-corrected chi connectivity index (χ1v) is 9.72. The van der Waals surface area contributed by atoms with Gasteiger partial charge in [0.2, 0.25) is 5.91 Å². The summed E-state index contributed by atoms with van der Waals surface area (Å²) in [5.41, 5.74) is 0.410. The van der Waals surface area contributed by atoms with Gasteiger partial charge in [-0.15, -0.1) is 11.3 Å². The number of amides is 1. The summed E-state index contributed by atoms with van der Waals surface area (Å²) in [5, 5.41) is 6.70. The first-order valence-electron chi connectivity index (χ1n) is 8.90. The Morgan fingerprint density at radius 3 is 2.88 bits per heavy atom. The Balaban J connectivity index is 1.53. The number of rotatable bonds is 6.